The Balaban J connectivity index is 1.65. The van der Waals surface area contributed by atoms with Gasteiger partial charge in [-0.15, -0.1) is 6.42 Å². The Morgan fingerprint density at radius 2 is 0.778 bits per heavy atom. The van der Waals surface area contributed by atoms with Crippen molar-refractivity contribution < 1.29 is 37.9 Å². The molecule has 212 valence electrons. The summed E-state index contributed by atoms with van der Waals surface area (Å²) < 4.78 is 43.5. The first-order valence-corrected chi connectivity index (χ1v) is 13.4. The summed E-state index contributed by atoms with van der Waals surface area (Å²) >= 11 is 0. The lowest BCUT2D eigenvalue weighted by Gasteiger charge is -2.34. The molecule has 1 aliphatic heterocycles. The quantitative estimate of drug-likeness (QED) is 0.115. The highest BCUT2D eigenvalue weighted by Crippen LogP contribution is 2.02. The van der Waals surface area contributed by atoms with E-state index in [1.165, 1.54) is 26.1 Å². The number of piperazine rings is 1. The van der Waals surface area contributed by atoms with Crippen LogP contribution < -0.4 is 0 Å². The fourth-order valence-electron chi connectivity index (χ4n) is 3.42. The predicted octanol–water partition coefficient (Wildman–Crippen LogP) is 0.780. The standard InChI is InChI=1S/C26H50N2O8/c1-3-5-27-6-8-28(9-7-27)10-12-30-14-16-32-18-20-34-22-24-36-26-25-35-23-21-33-19-17-31-15-13-29-11-4-2/h2H,3,5-26H2,1H3. The molecule has 10 heteroatoms. The van der Waals surface area contributed by atoms with E-state index in [0.29, 0.717) is 99.1 Å². The largest absolute Gasteiger partial charge is 0.378 e. The van der Waals surface area contributed by atoms with E-state index < -0.39 is 0 Å². The molecule has 0 aromatic carbocycles. The third-order valence-corrected chi connectivity index (χ3v) is 5.35. The van der Waals surface area contributed by atoms with Crippen LogP contribution in [0.15, 0.2) is 0 Å². The topological polar surface area (TPSA) is 80.3 Å². The zero-order valence-electron chi connectivity index (χ0n) is 22.5. The summed E-state index contributed by atoms with van der Waals surface area (Å²) in [4.78, 5) is 5.01. The van der Waals surface area contributed by atoms with Crippen LogP contribution in [-0.2, 0) is 37.9 Å². The Morgan fingerprint density at radius 3 is 1.11 bits per heavy atom. The summed E-state index contributed by atoms with van der Waals surface area (Å²) in [5.41, 5.74) is 0. The monoisotopic (exact) mass is 518 g/mol. The lowest BCUT2D eigenvalue weighted by molar-refractivity contribution is -0.0231. The summed E-state index contributed by atoms with van der Waals surface area (Å²) in [6.07, 6.45) is 6.31. The van der Waals surface area contributed by atoms with Crippen LogP contribution in [0.2, 0.25) is 0 Å². The second-order valence-electron chi connectivity index (χ2n) is 8.23. The van der Waals surface area contributed by atoms with Crippen LogP contribution in [-0.4, -0.2) is 155 Å². The van der Waals surface area contributed by atoms with Crippen LogP contribution in [0.3, 0.4) is 0 Å². The minimum Gasteiger partial charge on any atom is -0.378 e. The summed E-state index contributed by atoms with van der Waals surface area (Å²) in [5, 5.41) is 0. The van der Waals surface area contributed by atoms with E-state index in [-0.39, 0.29) is 0 Å². The Hall–Kier alpha value is -0.840. The SMILES string of the molecule is C#CCOCCOCCOCCOCCOCCOCCOCCOCCN1CCN(CCC)CC1. The van der Waals surface area contributed by atoms with E-state index in [0.717, 1.165) is 26.2 Å². The van der Waals surface area contributed by atoms with Gasteiger partial charge in [0.1, 0.15) is 6.61 Å². The molecular weight excluding hydrogens is 468 g/mol. The minimum atomic E-state index is 0.317. The second kappa shape index (κ2) is 27.2. The molecule has 1 rings (SSSR count). The van der Waals surface area contributed by atoms with Gasteiger partial charge in [-0.05, 0) is 13.0 Å². The molecule has 1 heterocycles. The zero-order chi connectivity index (χ0) is 25.8. The zero-order valence-corrected chi connectivity index (χ0v) is 22.5. The highest BCUT2D eigenvalue weighted by atomic mass is 16.6. The number of terminal acetylenes is 1. The Bertz CT molecular complexity index is 487. The van der Waals surface area contributed by atoms with Gasteiger partial charge in [-0.3, -0.25) is 4.90 Å². The average Bonchev–Trinajstić information content (AvgIpc) is 2.90. The van der Waals surface area contributed by atoms with Crippen LogP contribution >= 0.6 is 0 Å². The lowest BCUT2D eigenvalue weighted by Crippen LogP contribution is -2.47. The highest BCUT2D eigenvalue weighted by Gasteiger charge is 2.15. The van der Waals surface area contributed by atoms with Gasteiger partial charge in [-0.2, -0.15) is 0 Å². The van der Waals surface area contributed by atoms with Gasteiger partial charge in [0.25, 0.3) is 0 Å². The summed E-state index contributed by atoms with van der Waals surface area (Å²) in [6, 6.07) is 0. The van der Waals surface area contributed by atoms with E-state index in [1.807, 2.05) is 0 Å². The van der Waals surface area contributed by atoms with Gasteiger partial charge in [0.05, 0.1) is 99.1 Å². The average molecular weight is 519 g/mol. The van der Waals surface area contributed by atoms with Crippen LogP contribution in [0.25, 0.3) is 0 Å². The van der Waals surface area contributed by atoms with Crippen LogP contribution in [0.1, 0.15) is 13.3 Å². The molecule has 0 atom stereocenters. The van der Waals surface area contributed by atoms with E-state index in [9.17, 15) is 0 Å². The Morgan fingerprint density at radius 1 is 0.472 bits per heavy atom. The minimum absolute atomic E-state index is 0.317. The van der Waals surface area contributed by atoms with Crippen molar-refractivity contribution in [1.82, 2.24) is 9.80 Å². The first-order valence-electron chi connectivity index (χ1n) is 13.4. The van der Waals surface area contributed by atoms with E-state index >= 15 is 0 Å². The molecule has 0 bridgehead atoms. The predicted molar refractivity (Wildman–Crippen MR) is 139 cm³/mol. The Kier molecular flexibility index (Phi) is 25.1. The molecule has 1 fully saturated rings. The van der Waals surface area contributed by atoms with E-state index in [4.69, 9.17) is 44.3 Å². The molecule has 0 aromatic heterocycles. The summed E-state index contributed by atoms with van der Waals surface area (Å²) in [7, 11) is 0. The molecule has 0 saturated carbocycles. The molecule has 0 aliphatic carbocycles. The van der Waals surface area contributed by atoms with Crippen molar-refractivity contribution in [1.29, 1.82) is 0 Å². The molecular formula is C26H50N2O8. The highest BCUT2D eigenvalue weighted by molar-refractivity contribution is 4.82. The van der Waals surface area contributed by atoms with Gasteiger partial charge < -0.3 is 42.8 Å². The molecule has 10 nitrogen and oxygen atoms in total. The van der Waals surface area contributed by atoms with Gasteiger partial charge in [-0.1, -0.05) is 12.8 Å². The third kappa shape index (κ3) is 22.4. The van der Waals surface area contributed by atoms with Gasteiger partial charge in [0.15, 0.2) is 0 Å². The van der Waals surface area contributed by atoms with Crippen molar-refractivity contribution in [2.24, 2.45) is 0 Å². The van der Waals surface area contributed by atoms with Crippen molar-refractivity contribution >= 4 is 0 Å². The number of rotatable bonds is 27. The van der Waals surface area contributed by atoms with Gasteiger partial charge >= 0.3 is 0 Å². The van der Waals surface area contributed by atoms with Gasteiger partial charge in [0, 0.05) is 32.7 Å². The fourth-order valence-corrected chi connectivity index (χ4v) is 3.42. The lowest BCUT2D eigenvalue weighted by atomic mass is 10.3. The Labute approximate surface area is 218 Å². The number of nitrogens with zero attached hydrogens (tertiary/aromatic N) is 2. The van der Waals surface area contributed by atoms with Crippen LogP contribution in [0.4, 0.5) is 0 Å². The number of hydrogen-bond donors (Lipinski definition) is 0. The maximum atomic E-state index is 5.68. The second-order valence-corrected chi connectivity index (χ2v) is 8.23. The van der Waals surface area contributed by atoms with Crippen molar-refractivity contribution in [2.75, 3.05) is 145 Å². The molecule has 0 aromatic rings. The molecule has 0 radical (unpaired) electrons. The third-order valence-electron chi connectivity index (χ3n) is 5.35. The molecule has 0 spiro atoms. The molecule has 0 amide bonds. The van der Waals surface area contributed by atoms with Crippen LogP contribution in [0.5, 0.6) is 0 Å². The summed E-state index contributed by atoms with van der Waals surface area (Å²) in [5.74, 6) is 2.40. The van der Waals surface area contributed by atoms with Crippen LogP contribution in [0, 0.1) is 12.3 Å². The van der Waals surface area contributed by atoms with Gasteiger partial charge in [-0.25, -0.2) is 0 Å². The normalized spacial score (nSPS) is 14.9. The first kappa shape index (κ1) is 33.2. The van der Waals surface area contributed by atoms with E-state index in [1.54, 1.807) is 0 Å². The number of ether oxygens (including phenoxy) is 8. The van der Waals surface area contributed by atoms with Gasteiger partial charge in [0.2, 0.25) is 0 Å². The van der Waals surface area contributed by atoms with E-state index in [2.05, 4.69) is 22.6 Å². The van der Waals surface area contributed by atoms with Crippen molar-refractivity contribution in [2.45, 2.75) is 13.3 Å². The fraction of sp³-hybridized carbons (Fsp3) is 0.923. The molecule has 0 N–H and O–H groups in total. The van der Waals surface area contributed by atoms with Crippen molar-refractivity contribution in [3.05, 3.63) is 0 Å². The molecule has 36 heavy (non-hydrogen) atoms. The van der Waals surface area contributed by atoms with Crippen molar-refractivity contribution in [3.63, 3.8) is 0 Å². The first-order chi connectivity index (χ1) is 17.9. The van der Waals surface area contributed by atoms with Crippen molar-refractivity contribution in [3.8, 4) is 12.3 Å². The smallest absolute Gasteiger partial charge is 0.107 e. The molecule has 0 unspecified atom stereocenters. The molecule has 1 aliphatic rings. The number of hydrogen-bond acceptors (Lipinski definition) is 10. The summed E-state index contributed by atoms with van der Waals surface area (Å²) in [6.45, 7) is 17.8. The molecule has 1 saturated heterocycles. The maximum Gasteiger partial charge on any atom is 0.107 e. The maximum absolute atomic E-state index is 5.68.